The first-order valence-electron chi connectivity index (χ1n) is 6.35. The van der Waals surface area contributed by atoms with Crippen LogP contribution in [-0.4, -0.2) is 11.8 Å². The molecule has 21 heavy (non-hydrogen) atoms. The van der Waals surface area contributed by atoms with Crippen LogP contribution in [0.1, 0.15) is 18.1 Å². The van der Waals surface area contributed by atoms with Crippen molar-refractivity contribution in [1.82, 2.24) is 0 Å². The molecular weight excluding hydrogens is 285 g/mol. The lowest BCUT2D eigenvalue weighted by molar-refractivity contribution is 0.338. The highest BCUT2D eigenvalue weighted by atomic mass is 32.1. The average molecular weight is 297 g/mol. The molecule has 0 N–H and O–H groups in total. The predicted molar refractivity (Wildman–Crippen MR) is 84.7 cm³/mol. The fourth-order valence-electron chi connectivity index (χ4n) is 1.67. The summed E-state index contributed by atoms with van der Waals surface area (Å²) in [5.41, 5.74) is 1.81. The summed E-state index contributed by atoms with van der Waals surface area (Å²) in [6.45, 7) is 2.35. The first-order chi connectivity index (χ1) is 10.2. The van der Waals surface area contributed by atoms with E-state index in [4.69, 9.17) is 4.74 Å². The maximum atomic E-state index is 13.8. The Hall–Kier alpha value is -2.47. The largest absolute Gasteiger partial charge is 0.494 e. The molecule has 104 valence electrons. The number of isothiocyanates is 1. The maximum Gasteiger partial charge on any atom is 0.142 e. The molecule has 4 heteroatoms. The zero-order valence-electron chi connectivity index (χ0n) is 11.4. The van der Waals surface area contributed by atoms with E-state index in [1.165, 1.54) is 6.07 Å². The Morgan fingerprint density at radius 1 is 1.14 bits per heavy atom. The summed E-state index contributed by atoms with van der Waals surface area (Å²) in [7, 11) is 0. The van der Waals surface area contributed by atoms with Crippen molar-refractivity contribution in [1.29, 1.82) is 0 Å². The predicted octanol–water partition coefficient (Wildman–Crippen LogP) is 4.36. The van der Waals surface area contributed by atoms with Crippen LogP contribution in [0.4, 0.5) is 10.1 Å². The van der Waals surface area contributed by atoms with E-state index in [-0.39, 0.29) is 0 Å². The highest BCUT2D eigenvalue weighted by Crippen LogP contribution is 2.16. The van der Waals surface area contributed by atoms with Crippen molar-refractivity contribution in [2.24, 2.45) is 4.99 Å². The molecule has 0 aromatic heterocycles. The van der Waals surface area contributed by atoms with Crippen molar-refractivity contribution < 1.29 is 9.13 Å². The number of hydrogen-bond acceptors (Lipinski definition) is 3. The molecule has 0 amide bonds. The number of benzene rings is 2. The second-order valence-electron chi connectivity index (χ2n) is 4.07. The van der Waals surface area contributed by atoms with Crippen LogP contribution in [-0.2, 0) is 0 Å². The van der Waals surface area contributed by atoms with Crippen molar-refractivity contribution >= 4 is 23.1 Å². The molecule has 2 aromatic carbocycles. The Bertz CT molecular complexity index is 738. The van der Waals surface area contributed by atoms with Gasteiger partial charge in [0.2, 0.25) is 0 Å². The van der Waals surface area contributed by atoms with Gasteiger partial charge in [-0.1, -0.05) is 11.8 Å². The molecule has 0 atom stereocenters. The van der Waals surface area contributed by atoms with Gasteiger partial charge in [0.15, 0.2) is 0 Å². The summed E-state index contributed by atoms with van der Waals surface area (Å²) in [5.74, 6) is 5.82. The van der Waals surface area contributed by atoms with Crippen LogP contribution in [0.2, 0.25) is 0 Å². The smallest absolute Gasteiger partial charge is 0.142 e. The van der Waals surface area contributed by atoms with Gasteiger partial charge in [-0.15, -0.1) is 0 Å². The Balaban J connectivity index is 2.20. The quantitative estimate of drug-likeness (QED) is 0.477. The number of ether oxygens (including phenoxy) is 1. The van der Waals surface area contributed by atoms with E-state index < -0.39 is 5.82 Å². The van der Waals surface area contributed by atoms with Crippen LogP contribution in [0, 0.1) is 17.7 Å². The minimum Gasteiger partial charge on any atom is -0.494 e. The number of thiocarbonyl (C=S) groups is 1. The molecule has 0 aliphatic rings. The third kappa shape index (κ3) is 4.25. The standard InChI is InChI=1S/C17H12FNOS/c1-2-20-16-10-7-14(17(18)11-16)6-3-13-4-8-15(9-5-13)19-12-21/h4-5,7-11H,2H2,1H3. The molecule has 0 aliphatic heterocycles. The third-order valence-electron chi connectivity index (χ3n) is 2.64. The summed E-state index contributed by atoms with van der Waals surface area (Å²) in [4.78, 5) is 3.85. The van der Waals surface area contributed by atoms with Gasteiger partial charge in [0.1, 0.15) is 11.6 Å². The van der Waals surface area contributed by atoms with Gasteiger partial charge in [0, 0.05) is 11.6 Å². The highest BCUT2D eigenvalue weighted by Gasteiger charge is 2.01. The van der Waals surface area contributed by atoms with Crippen molar-refractivity contribution in [3.8, 4) is 17.6 Å². The molecule has 0 radical (unpaired) electrons. The van der Waals surface area contributed by atoms with Crippen LogP contribution < -0.4 is 4.74 Å². The molecular formula is C17H12FNOS. The molecule has 0 saturated carbocycles. The summed E-state index contributed by atoms with van der Waals surface area (Å²) >= 11 is 4.53. The van der Waals surface area contributed by atoms with E-state index in [0.717, 1.165) is 5.56 Å². The van der Waals surface area contributed by atoms with E-state index in [0.29, 0.717) is 23.6 Å². The van der Waals surface area contributed by atoms with Crippen LogP contribution in [0.15, 0.2) is 47.5 Å². The normalized spacial score (nSPS) is 9.24. The van der Waals surface area contributed by atoms with Gasteiger partial charge in [0.05, 0.1) is 23.0 Å². The van der Waals surface area contributed by atoms with E-state index in [2.05, 4.69) is 34.2 Å². The second-order valence-corrected chi connectivity index (χ2v) is 4.26. The first kappa shape index (κ1) is 14.9. The zero-order chi connectivity index (χ0) is 15.1. The van der Waals surface area contributed by atoms with Gasteiger partial charge < -0.3 is 4.74 Å². The van der Waals surface area contributed by atoms with Gasteiger partial charge in [-0.05, 0) is 55.5 Å². The van der Waals surface area contributed by atoms with Crippen molar-refractivity contribution in [2.75, 3.05) is 6.61 Å². The third-order valence-corrected chi connectivity index (χ3v) is 2.73. The number of hydrogen-bond donors (Lipinski definition) is 0. The maximum absolute atomic E-state index is 13.8. The lowest BCUT2D eigenvalue weighted by Crippen LogP contribution is -1.93. The van der Waals surface area contributed by atoms with Gasteiger partial charge in [-0.2, -0.15) is 4.99 Å². The lowest BCUT2D eigenvalue weighted by Gasteiger charge is -2.03. The van der Waals surface area contributed by atoms with Crippen LogP contribution in [0.3, 0.4) is 0 Å². The van der Waals surface area contributed by atoms with E-state index in [1.807, 2.05) is 6.92 Å². The molecule has 0 heterocycles. The minimum absolute atomic E-state index is 0.333. The van der Waals surface area contributed by atoms with E-state index in [9.17, 15) is 4.39 Å². The summed E-state index contributed by atoms with van der Waals surface area (Å²) < 4.78 is 19.1. The molecule has 2 rings (SSSR count). The van der Waals surface area contributed by atoms with Crippen molar-refractivity contribution in [2.45, 2.75) is 6.92 Å². The summed E-state index contributed by atoms with van der Waals surface area (Å²) in [5, 5.41) is 2.30. The molecule has 0 bridgehead atoms. The number of aliphatic imine (C=N–C) groups is 1. The molecule has 0 aliphatic carbocycles. The van der Waals surface area contributed by atoms with Gasteiger partial charge in [-0.3, -0.25) is 0 Å². The number of halogens is 1. The molecule has 0 fully saturated rings. The second kappa shape index (κ2) is 7.35. The Kier molecular flexibility index (Phi) is 5.22. The van der Waals surface area contributed by atoms with Gasteiger partial charge in [0.25, 0.3) is 0 Å². The monoisotopic (exact) mass is 297 g/mol. The number of nitrogens with zero attached hydrogens (tertiary/aromatic N) is 1. The molecule has 2 nitrogen and oxygen atoms in total. The van der Waals surface area contributed by atoms with E-state index in [1.54, 1.807) is 36.4 Å². The Labute approximate surface area is 128 Å². The Morgan fingerprint density at radius 3 is 2.52 bits per heavy atom. The van der Waals surface area contributed by atoms with Crippen LogP contribution >= 0.6 is 12.2 Å². The molecule has 0 saturated heterocycles. The Morgan fingerprint density at radius 2 is 1.90 bits per heavy atom. The SMILES string of the molecule is CCOc1ccc(C#Cc2ccc(N=C=S)cc2)c(F)c1. The minimum atomic E-state index is -0.393. The fourth-order valence-corrected chi connectivity index (χ4v) is 1.77. The topological polar surface area (TPSA) is 21.6 Å². The summed E-state index contributed by atoms with van der Waals surface area (Å²) in [6.07, 6.45) is 0. The van der Waals surface area contributed by atoms with Crippen molar-refractivity contribution in [3.05, 3.63) is 59.4 Å². The molecule has 0 unspecified atom stereocenters. The fraction of sp³-hybridized carbons (Fsp3) is 0.118. The van der Waals surface area contributed by atoms with Gasteiger partial charge in [-0.25, -0.2) is 4.39 Å². The highest BCUT2D eigenvalue weighted by molar-refractivity contribution is 7.78. The molecule has 2 aromatic rings. The average Bonchev–Trinajstić information content (AvgIpc) is 2.49. The zero-order valence-corrected chi connectivity index (χ0v) is 12.2. The van der Waals surface area contributed by atoms with E-state index >= 15 is 0 Å². The first-order valence-corrected chi connectivity index (χ1v) is 6.76. The van der Waals surface area contributed by atoms with Crippen LogP contribution in [0.25, 0.3) is 0 Å². The lowest BCUT2D eigenvalue weighted by atomic mass is 10.1. The number of rotatable bonds is 3. The van der Waals surface area contributed by atoms with Crippen LogP contribution in [0.5, 0.6) is 5.75 Å². The molecule has 0 spiro atoms. The van der Waals surface area contributed by atoms with Gasteiger partial charge >= 0.3 is 0 Å². The van der Waals surface area contributed by atoms with Crippen molar-refractivity contribution in [3.63, 3.8) is 0 Å². The summed E-state index contributed by atoms with van der Waals surface area (Å²) in [6, 6.07) is 11.8.